The average molecular weight is 579 g/mol. The molecule has 0 bridgehead atoms. The van der Waals surface area contributed by atoms with Crippen LogP contribution in [-0.4, -0.2) is 73.8 Å². The van der Waals surface area contributed by atoms with Crippen molar-refractivity contribution >= 4 is 28.5 Å². The van der Waals surface area contributed by atoms with Gasteiger partial charge in [-0.05, 0) is 37.9 Å². The molecule has 5 rings (SSSR count). The Morgan fingerprint density at radius 1 is 0.810 bits per heavy atom. The van der Waals surface area contributed by atoms with Crippen LogP contribution in [0.1, 0.15) is 27.8 Å². The normalized spacial score (nSPS) is 9.26. The van der Waals surface area contributed by atoms with E-state index in [1.165, 1.54) is 18.9 Å². The molecular weight excluding hydrogens is 536 g/mol. The molecule has 0 atom stereocenters. The smallest absolute Gasteiger partial charge is 0.217 e. The van der Waals surface area contributed by atoms with Gasteiger partial charge in [-0.25, -0.2) is 28.7 Å². The number of hydrogen-bond donors (Lipinski definition) is 2. The predicted octanol–water partition coefficient (Wildman–Crippen LogP) is 4.72. The lowest BCUT2D eigenvalue weighted by atomic mass is 10.3. The molecule has 0 radical (unpaired) electrons. The zero-order chi connectivity index (χ0) is 28.6. The molecule has 0 aliphatic heterocycles. The van der Waals surface area contributed by atoms with E-state index in [0.29, 0.717) is 23.7 Å². The van der Waals surface area contributed by atoms with Crippen LogP contribution in [0.25, 0.3) is 21.0 Å². The Kier molecular flexibility index (Phi) is 19.4. The summed E-state index contributed by atoms with van der Waals surface area (Å²) in [5.41, 5.74) is 14.5. The van der Waals surface area contributed by atoms with Gasteiger partial charge in [0.05, 0.1) is 13.1 Å². The van der Waals surface area contributed by atoms with Gasteiger partial charge in [-0.1, -0.05) is 40.5 Å². The third kappa shape index (κ3) is 12.5. The Balaban J connectivity index is 0. The Labute approximate surface area is 248 Å². The molecule has 14 nitrogen and oxygen atoms in total. The molecule has 0 amide bonds. The van der Waals surface area contributed by atoms with Crippen LogP contribution in [0.5, 0.6) is 0 Å². The van der Waals surface area contributed by atoms with Gasteiger partial charge in [0, 0.05) is 39.4 Å². The fourth-order valence-corrected chi connectivity index (χ4v) is 2.83. The Bertz CT molecular complexity index is 1500. The number of nitrogen functional groups attached to an aromatic ring is 1. The number of fused-ring (bicyclic) bond motifs is 2. The lowest BCUT2D eigenvalue weighted by Crippen LogP contribution is -2.30. The highest BCUT2D eigenvalue weighted by molar-refractivity contribution is 5.49. The summed E-state index contributed by atoms with van der Waals surface area (Å²) < 4.78 is 13.0. The molecular formula is C28H42N12O2. The second-order valence-corrected chi connectivity index (χ2v) is 7.66. The topological polar surface area (TPSA) is 156 Å². The van der Waals surface area contributed by atoms with Gasteiger partial charge in [-0.2, -0.15) is 10.2 Å². The first-order valence-corrected chi connectivity index (χ1v) is 11.3. The maximum Gasteiger partial charge on any atom is 0.217 e. The first kappa shape index (κ1) is 39.2. The molecule has 0 spiro atoms. The second kappa shape index (κ2) is 20.8. The number of nitrogens with zero attached hydrogens (tertiary/aromatic N) is 10. The van der Waals surface area contributed by atoms with Crippen LogP contribution in [-0.2, 0) is 16.0 Å². The van der Waals surface area contributed by atoms with Crippen molar-refractivity contribution in [3.05, 3.63) is 96.0 Å². The zero-order valence-corrected chi connectivity index (χ0v) is 22.1. The molecule has 5 aromatic rings. The van der Waals surface area contributed by atoms with Gasteiger partial charge in [0.1, 0.15) is 18.5 Å². The van der Waals surface area contributed by atoms with E-state index in [1.54, 1.807) is 53.7 Å². The second-order valence-electron chi connectivity index (χ2n) is 7.66. The molecule has 0 aliphatic rings. The van der Waals surface area contributed by atoms with Crippen LogP contribution in [0.4, 0.5) is 17.2 Å². The lowest BCUT2D eigenvalue weighted by Gasteiger charge is -2.19. The quantitative estimate of drug-likeness (QED) is 0.226. The lowest BCUT2D eigenvalue weighted by molar-refractivity contribution is -0.179. The largest absolute Gasteiger partial charge is 0.384 e. The van der Waals surface area contributed by atoms with E-state index in [9.17, 15) is 0 Å². The molecule has 14 heteroatoms. The molecule has 0 fully saturated rings. The number of aromatic nitrogens is 7. The van der Waals surface area contributed by atoms with Crippen LogP contribution < -0.4 is 11.5 Å². The van der Waals surface area contributed by atoms with Gasteiger partial charge in [0.2, 0.25) is 17.8 Å². The van der Waals surface area contributed by atoms with Crippen molar-refractivity contribution in [2.45, 2.75) is 35.2 Å². The van der Waals surface area contributed by atoms with Crippen molar-refractivity contribution in [3.63, 3.8) is 0 Å². The van der Waals surface area contributed by atoms with Crippen molar-refractivity contribution in [3.8, 4) is 0 Å². The van der Waals surface area contributed by atoms with E-state index < -0.39 is 0 Å². The minimum atomic E-state index is -0.213. The molecule has 226 valence electrons. The standard InChI is InChI=1S/C7H4N4.C7H8N4.C6H5N3.C5H13NO2.3CH4/c1-8-6-2-3-7-9-5-10-11(7)4-6;8-3-6-1-2-7-9-5-10-11(7)4-6;1-8-5-2-3-6(7)9-4-5;1-6(2)5(7-3)8-4;;;/h2-5H;1-2,4-5H,3,8H2;2-4H,(H2,7,9);5H,1-4H3;3*1H4. The molecule has 42 heavy (non-hydrogen) atoms. The van der Waals surface area contributed by atoms with Crippen molar-refractivity contribution in [2.24, 2.45) is 5.73 Å². The summed E-state index contributed by atoms with van der Waals surface area (Å²) in [5, 5.41) is 7.87. The number of ether oxygens (including phenoxy) is 2. The number of hydrogen-bond acceptors (Lipinski definition) is 10. The summed E-state index contributed by atoms with van der Waals surface area (Å²) in [6, 6.07) is 10.6. The van der Waals surface area contributed by atoms with Gasteiger partial charge < -0.3 is 20.9 Å². The van der Waals surface area contributed by atoms with Crippen LogP contribution in [0, 0.1) is 13.1 Å². The highest BCUT2D eigenvalue weighted by atomic mass is 16.7. The number of methoxy groups -OCH3 is 2. The third-order valence-corrected chi connectivity index (χ3v) is 4.68. The van der Waals surface area contributed by atoms with Crippen LogP contribution in [0.15, 0.2) is 67.6 Å². The maximum atomic E-state index is 6.74. The van der Waals surface area contributed by atoms with Crippen molar-refractivity contribution in [1.82, 2.24) is 39.1 Å². The predicted molar refractivity (Wildman–Crippen MR) is 167 cm³/mol. The molecule has 0 aliphatic carbocycles. The Morgan fingerprint density at radius 3 is 1.76 bits per heavy atom. The fourth-order valence-electron chi connectivity index (χ4n) is 2.83. The van der Waals surface area contributed by atoms with Crippen LogP contribution >= 0.6 is 0 Å². The van der Waals surface area contributed by atoms with Gasteiger partial charge in [0.25, 0.3) is 0 Å². The number of pyridine rings is 3. The van der Waals surface area contributed by atoms with Crippen molar-refractivity contribution in [1.29, 1.82) is 0 Å². The molecule has 0 aromatic carbocycles. The van der Waals surface area contributed by atoms with E-state index in [0.717, 1.165) is 16.9 Å². The number of anilines is 1. The van der Waals surface area contributed by atoms with Gasteiger partial charge in [-0.15, -0.1) is 0 Å². The maximum absolute atomic E-state index is 6.74. The van der Waals surface area contributed by atoms with Crippen molar-refractivity contribution < 1.29 is 9.47 Å². The highest BCUT2D eigenvalue weighted by Crippen LogP contribution is 2.11. The minimum absolute atomic E-state index is 0. The van der Waals surface area contributed by atoms with E-state index in [1.807, 2.05) is 37.3 Å². The highest BCUT2D eigenvalue weighted by Gasteiger charge is 2.04. The molecule has 0 unspecified atom stereocenters. The summed E-state index contributed by atoms with van der Waals surface area (Å²) >= 11 is 0. The van der Waals surface area contributed by atoms with Crippen LogP contribution in [0.2, 0.25) is 0 Å². The van der Waals surface area contributed by atoms with Gasteiger partial charge in [0.15, 0.2) is 11.3 Å². The summed E-state index contributed by atoms with van der Waals surface area (Å²) in [4.78, 5) is 19.9. The fraction of sp³-hybridized carbons (Fsp3) is 0.321. The number of nitrogens with two attached hydrogens (primary N) is 2. The van der Waals surface area contributed by atoms with Crippen LogP contribution in [0.3, 0.4) is 0 Å². The SMILES string of the molecule is C.C.C.COC(OC)N(C)C.NCc1ccc2ncnn2c1.[C-]#[N+]c1ccc(N)nc1.[C-]#[N+]c1ccc2ncnn2c1. The van der Waals surface area contributed by atoms with Gasteiger partial charge >= 0.3 is 0 Å². The first-order valence-electron chi connectivity index (χ1n) is 11.3. The van der Waals surface area contributed by atoms with Gasteiger partial charge in [-0.3, -0.25) is 9.88 Å². The molecule has 0 saturated carbocycles. The first-order chi connectivity index (χ1) is 18.8. The van der Waals surface area contributed by atoms with E-state index >= 15 is 0 Å². The summed E-state index contributed by atoms with van der Waals surface area (Å²) in [5.74, 6) is 0.447. The zero-order valence-electron chi connectivity index (χ0n) is 22.1. The third-order valence-electron chi connectivity index (χ3n) is 4.68. The van der Waals surface area contributed by atoms with E-state index in [2.05, 4.69) is 34.8 Å². The summed E-state index contributed by atoms with van der Waals surface area (Å²) in [7, 11) is 6.98. The molecule has 5 heterocycles. The monoisotopic (exact) mass is 578 g/mol. The molecule has 0 saturated heterocycles. The summed E-state index contributed by atoms with van der Waals surface area (Å²) in [6.07, 6.45) is 7.74. The molecule has 4 N–H and O–H groups in total. The molecule has 5 aromatic heterocycles. The average Bonchev–Trinajstić information content (AvgIpc) is 3.63. The number of rotatable bonds is 4. The Morgan fingerprint density at radius 2 is 1.33 bits per heavy atom. The minimum Gasteiger partial charge on any atom is -0.384 e. The van der Waals surface area contributed by atoms with E-state index in [-0.39, 0.29) is 28.7 Å². The Hall–Kier alpha value is -4.99. The van der Waals surface area contributed by atoms with E-state index in [4.69, 9.17) is 34.1 Å². The van der Waals surface area contributed by atoms with Crippen molar-refractivity contribution in [2.75, 3.05) is 34.0 Å². The summed E-state index contributed by atoms with van der Waals surface area (Å²) in [6.45, 7) is 13.8.